The van der Waals surface area contributed by atoms with Crippen LogP contribution >= 0.6 is 15.9 Å². The lowest BCUT2D eigenvalue weighted by molar-refractivity contribution is -0.384. The van der Waals surface area contributed by atoms with E-state index in [0.717, 1.165) is 4.47 Å². The van der Waals surface area contributed by atoms with Gasteiger partial charge in [0.25, 0.3) is 0 Å². The molecule has 5 nitrogen and oxygen atoms in total. The van der Waals surface area contributed by atoms with E-state index in [1.54, 1.807) is 19.1 Å². The van der Waals surface area contributed by atoms with Crippen molar-refractivity contribution in [1.82, 2.24) is 4.98 Å². The molecule has 0 radical (unpaired) electrons. The molecule has 2 rings (SSSR count). The molecule has 20 heavy (non-hydrogen) atoms. The van der Waals surface area contributed by atoms with Crippen LogP contribution in [-0.4, -0.2) is 9.91 Å². The summed E-state index contributed by atoms with van der Waals surface area (Å²) in [5.41, 5.74) is 1.11. The Bertz CT molecular complexity index is 664. The van der Waals surface area contributed by atoms with Gasteiger partial charge in [0.15, 0.2) is 0 Å². The number of rotatable bonds is 4. The summed E-state index contributed by atoms with van der Waals surface area (Å²) in [5.74, 6) is -0.192. The summed E-state index contributed by atoms with van der Waals surface area (Å²) in [6.07, 6.45) is 1.49. The summed E-state index contributed by atoms with van der Waals surface area (Å²) in [6, 6.07) is 5.85. The van der Waals surface area contributed by atoms with Gasteiger partial charge >= 0.3 is 5.69 Å². The maximum atomic E-state index is 13.2. The zero-order valence-corrected chi connectivity index (χ0v) is 12.1. The first-order valence-corrected chi connectivity index (χ1v) is 6.56. The van der Waals surface area contributed by atoms with E-state index in [9.17, 15) is 14.5 Å². The second kappa shape index (κ2) is 5.96. The van der Waals surface area contributed by atoms with Crippen molar-refractivity contribution in [2.75, 3.05) is 5.32 Å². The molecule has 0 saturated carbocycles. The Morgan fingerprint density at radius 3 is 2.90 bits per heavy atom. The van der Waals surface area contributed by atoms with Crippen LogP contribution in [0.2, 0.25) is 0 Å². The van der Waals surface area contributed by atoms with Crippen molar-refractivity contribution in [2.45, 2.75) is 13.5 Å². The Morgan fingerprint density at radius 2 is 2.20 bits per heavy atom. The van der Waals surface area contributed by atoms with E-state index in [1.807, 2.05) is 0 Å². The van der Waals surface area contributed by atoms with Gasteiger partial charge in [0, 0.05) is 22.8 Å². The zero-order valence-electron chi connectivity index (χ0n) is 10.6. The monoisotopic (exact) mass is 339 g/mol. The maximum Gasteiger partial charge on any atom is 0.314 e. The summed E-state index contributed by atoms with van der Waals surface area (Å²) >= 11 is 3.30. The third kappa shape index (κ3) is 3.11. The number of pyridine rings is 1. The fourth-order valence-corrected chi connectivity index (χ4v) is 2.15. The van der Waals surface area contributed by atoms with Crippen molar-refractivity contribution >= 4 is 27.4 Å². The minimum Gasteiger partial charge on any atom is -0.360 e. The molecular weight excluding hydrogens is 329 g/mol. The highest BCUT2D eigenvalue weighted by atomic mass is 79.9. The topological polar surface area (TPSA) is 68.1 Å². The predicted octanol–water partition coefficient (Wildman–Crippen LogP) is 3.81. The Labute approximate surface area is 123 Å². The number of hydrogen-bond donors (Lipinski definition) is 1. The first kappa shape index (κ1) is 14.4. The fraction of sp³-hybridized carbons (Fsp3) is 0.154. The molecule has 0 aliphatic rings. The Kier molecular flexibility index (Phi) is 4.29. The van der Waals surface area contributed by atoms with Gasteiger partial charge < -0.3 is 5.32 Å². The minimum absolute atomic E-state index is 0.0694. The van der Waals surface area contributed by atoms with Crippen molar-refractivity contribution in [3.63, 3.8) is 0 Å². The van der Waals surface area contributed by atoms with E-state index in [1.165, 1.54) is 18.3 Å². The third-order valence-corrected chi connectivity index (χ3v) is 3.54. The number of halogens is 2. The Balaban J connectivity index is 2.25. The van der Waals surface area contributed by atoms with Crippen LogP contribution < -0.4 is 5.32 Å². The highest BCUT2D eigenvalue weighted by Crippen LogP contribution is 2.26. The molecular formula is C13H11BrFN3O2. The molecule has 1 N–H and O–H groups in total. The average molecular weight is 340 g/mol. The lowest BCUT2D eigenvalue weighted by atomic mass is 10.2. The van der Waals surface area contributed by atoms with Gasteiger partial charge in [-0.3, -0.25) is 10.1 Å². The second-order valence-electron chi connectivity index (χ2n) is 4.17. The normalized spacial score (nSPS) is 10.3. The van der Waals surface area contributed by atoms with Gasteiger partial charge in [-0.05, 0) is 36.8 Å². The summed E-state index contributed by atoms with van der Waals surface area (Å²) in [5, 5.41) is 13.9. The van der Waals surface area contributed by atoms with Crippen LogP contribution in [-0.2, 0) is 6.54 Å². The van der Waals surface area contributed by atoms with Gasteiger partial charge in [0.2, 0.25) is 5.82 Å². The number of aromatic nitrogens is 1. The van der Waals surface area contributed by atoms with E-state index < -0.39 is 4.92 Å². The molecule has 0 fully saturated rings. The van der Waals surface area contributed by atoms with Crippen LogP contribution in [0.5, 0.6) is 0 Å². The molecule has 2 aromatic rings. The van der Waals surface area contributed by atoms with Gasteiger partial charge in [0.1, 0.15) is 5.82 Å². The van der Waals surface area contributed by atoms with Crippen molar-refractivity contribution in [1.29, 1.82) is 0 Å². The highest BCUT2D eigenvalue weighted by Gasteiger charge is 2.18. The number of aryl methyl sites for hydroxylation is 1. The van der Waals surface area contributed by atoms with Crippen LogP contribution in [0.15, 0.2) is 34.9 Å². The van der Waals surface area contributed by atoms with E-state index >= 15 is 0 Å². The molecule has 1 heterocycles. The third-order valence-electron chi connectivity index (χ3n) is 2.76. The van der Waals surface area contributed by atoms with Gasteiger partial charge in [0.05, 0.1) is 4.92 Å². The number of anilines is 1. The standard InChI is InChI=1S/C13H11BrFN3O2/c1-8-4-5-16-13(12(8)18(19)20)17-7-9-6-10(15)2-3-11(9)14/h2-6H,7H2,1H3,(H,16,17). The van der Waals surface area contributed by atoms with Crippen molar-refractivity contribution < 1.29 is 9.31 Å². The minimum atomic E-state index is -0.481. The summed E-state index contributed by atoms with van der Waals surface area (Å²) < 4.78 is 13.9. The molecule has 104 valence electrons. The smallest absolute Gasteiger partial charge is 0.314 e. The lowest BCUT2D eigenvalue weighted by Gasteiger charge is -2.09. The first-order valence-electron chi connectivity index (χ1n) is 5.77. The van der Waals surface area contributed by atoms with Gasteiger partial charge in [-0.1, -0.05) is 15.9 Å². The summed E-state index contributed by atoms with van der Waals surface area (Å²) in [4.78, 5) is 14.5. The van der Waals surface area contributed by atoms with Crippen LogP contribution in [0.25, 0.3) is 0 Å². The number of benzene rings is 1. The van der Waals surface area contributed by atoms with Gasteiger partial charge in [-0.15, -0.1) is 0 Å². The number of nitro groups is 1. The lowest BCUT2D eigenvalue weighted by Crippen LogP contribution is -2.06. The quantitative estimate of drug-likeness (QED) is 0.679. The molecule has 0 saturated heterocycles. The maximum absolute atomic E-state index is 13.2. The van der Waals surface area contributed by atoms with Crippen molar-refractivity contribution in [3.05, 3.63) is 62.0 Å². The van der Waals surface area contributed by atoms with E-state index in [-0.39, 0.29) is 23.9 Å². The molecule has 0 aliphatic heterocycles. The largest absolute Gasteiger partial charge is 0.360 e. The van der Waals surface area contributed by atoms with Crippen LogP contribution in [0.4, 0.5) is 15.9 Å². The SMILES string of the molecule is Cc1ccnc(NCc2cc(F)ccc2Br)c1[N+](=O)[O-]. The summed E-state index contributed by atoms with van der Waals surface area (Å²) in [6.45, 7) is 1.87. The molecule has 0 spiro atoms. The Hall–Kier alpha value is -2.02. The number of hydrogen-bond acceptors (Lipinski definition) is 4. The molecule has 0 unspecified atom stereocenters. The summed E-state index contributed by atoms with van der Waals surface area (Å²) in [7, 11) is 0. The predicted molar refractivity (Wildman–Crippen MR) is 77.1 cm³/mol. The molecule has 7 heteroatoms. The van der Waals surface area contributed by atoms with E-state index in [4.69, 9.17) is 0 Å². The highest BCUT2D eigenvalue weighted by molar-refractivity contribution is 9.10. The molecule has 1 aromatic heterocycles. The molecule has 0 amide bonds. The Morgan fingerprint density at radius 1 is 1.45 bits per heavy atom. The molecule has 0 bridgehead atoms. The van der Waals surface area contributed by atoms with Crippen molar-refractivity contribution in [3.8, 4) is 0 Å². The van der Waals surface area contributed by atoms with Crippen LogP contribution in [0.1, 0.15) is 11.1 Å². The first-order chi connectivity index (χ1) is 9.49. The second-order valence-corrected chi connectivity index (χ2v) is 5.03. The van der Waals surface area contributed by atoms with Gasteiger partial charge in [-0.25, -0.2) is 9.37 Å². The van der Waals surface area contributed by atoms with E-state index in [0.29, 0.717) is 11.1 Å². The van der Waals surface area contributed by atoms with Crippen LogP contribution in [0.3, 0.4) is 0 Å². The van der Waals surface area contributed by atoms with Crippen LogP contribution in [0, 0.1) is 22.9 Å². The number of nitrogens with one attached hydrogen (secondary N) is 1. The molecule has 1 aromatic carbocycles. The van der Waals surface area contributed by atoms with E-state index in [2.05, 4.69) is 26.2 Å². The van der Waals surface area contributed by atoms with Gasteiger partial charge in [-0.2, -0.15) is 0 Å². The zero-order chi connectivity index (χ0) is 14.7. The molecule has 0 atom stereocenters. The van der Waals surface area contributed by atoms with Crippen molar-refractivity contribution in [2.24, 2.45) is 0 Å². The molecule has 0 aliphatic carbocycles. The average Bonchev–Trinajstić information content (AvgIpc) is 2.39. The number of nitrogens with zero attached hydrogens (tertiary/aromatic N) is 2. The fourth-order valence-electron chi connectivity index (χ4n) is 1.77.